The highest BCUT2D eigenvalue weighted by Gasteiger charge is 2.53. The molecule has 4 heterocycles. The number of hydrogen-bond acceptors (Lipinski definition) is 24. The SMILES string of the molecule is COc1cc(-c2[o+]c3cc(O)cc(O[C@@H]4O[C@H](CO)[C@@H](O)[C@H](O)[C@H]4O)c3cc2O[C@@H]2O[C@H](COC(=O)C=Cc3ccc(O)cc3)[C@@H](O)[C@H](O)[C@H]2O[C@@H]2O[C@H](COC(=O)C=Cc3ccc(O)cc3)[C@@H](O)[C@H](O)[C@H]2O)ccc1O. The van der Waals surface area contributed by atoms with Crippen LogP contribution in [0.3, 0.4) is 0 Å². The number of hydrogen-bond donors (Lipinski definition) is 13. The number of benzene rings is 4. The van der Waals surface area contributed by atoms with E-state index in [2.05, 4.69) is 0 Å². The summed E-state index contributed by atoms with van der Waals surface area (Å²) in [6.07, 6.45) is -23.4. The number of carbonyl (C=O) groups excluding carboxylic acids is 2. The van der Waals surface area contributed by atoms with E-state index in [4.69, 9.17) is 47.0 Å². The van der Waals surface area contributed by atoms with Crippen molar-refractivity contribution < 1.29 is 123 Å². The number of methoxy groups -OCH3 is 1. The fraction of sp³-hybridized carbons (Fsp3) is 0.365. The molecule has 25 nitrogen and oxygen atoms in total. The summed E-state index contributed by atoms with van der Waals surface area (Å²) in [5.74, 6) is -3.67. The lowest BCUT2D eigenvalue weighted by molar-refractivity contribution is -0.358. The third kappa shape index (κ3) is 13.0. The number of esters is 2. The molecule has 0 radical (unpaired) electrons. The molecule has 5 aromatic rings. The summed E-state index contributed by atoms with van der Waals surface area (Å²) in [6, 6.07) is 19.0. The highest BCUT2D eigenvalue weighted by Crippen LogP contribution is 2.44. The number of aromatic hydroxyl groups is 4. The monoisotopic (exact) mass is 1080 g/mol. The van der Waals surface area contributed by atoms with E-state index in [1.165, 1.54) is 92.1 Å². The molecule has 412 valence electrons. The molecule has 0 amide bonds. The van der Waals surface area contributed by atoms with Crippen molar-refractivity contribution in [2.45, 2.75) is 92.1 Å². The highest BCUT2D eigenvalue weighted by atomic mass is 16.8. The van der Waals surface area contributed by atoms with Gasteiger partial charge in [-0.15, -0.1) is 0 Å². The van der Waals surface area contributed by atoms with Gasteiger partial charge < -0.3 is 109 Å². The predicted molar refractivity (Wildman–Crippen MR) is 259 cm³/mol. The summed E-state index contributed by atoms with van der Waals surface area (Å²) < 4.78 is 58.3. The average molecular weight is 1080 g/mol. The van der Waals surface area contributed by atoms with E-state index < -0.39 is 130 Å². The van der Waals surface area contributed by atoms with Crippen LogP contribution < -0.4 is 14.2 Å². The summed E-state index contributed by atoms with van der Waals surface area (Å²) in [7, 11) is 1.26. The first-order valence-corrected chi connectivity index (χ1v) is 23.6. The lowest BCUT2D eigenvalue weighted by Gasteiger charge is -2.45. The number of aliphatic hydroxyl groups excluding tert-OH is 9. The number of phenolic OH excluding ortho intramolecular Hbond substituents is 4. The first-order valence-electron chi connectivity index (χ1n) is 23.6. The molecule has 0 aliphatic carbocycles. The second kappa shape index (κ2) is 24.4. The van der Waals surface area contributed by atoms with E-state index in [1.807, 2.05) is 0 Å². The fourth-order valence-electron chi connectivity index (χ4n) is 8.32. The van der Waals surface area contributed by atoms with Crippen molar-refractivity contribution in [3.8, 4) is 51.6 Å². The summed E-state index contributed by atoms with van der Waals surface area (Å²) in [6.45, 7) is -2.30. The Bertz CT molecular complexity index is 2890. The van der Waals surface area contributed by atoms with Crippen molar-refractivity contribution in [2.75, 3.05) is 26.9 Å². The summed E-state index contributed by atoms with van der Waals surface area (Å²) in [4.78, 5) is 25.7. The third-order valence-electron chi connectivity index (χ3n) is 12.6. The first-order chi connectivity index (χ1) is 36.8. The van der Waals surface area contributed by atoms with Crippen LogP contribution >= 0.6 is 0 Å². The summed E-state index contributed by atoms with van der Waals surface area (Å²) >= 11 is 0. The molecule has 3 aliphatic rings. The third-order valence-corrected chi connectivity index (χ3v) is 12.6. The van der Waals surface area contributed by atoms with Crippen molar-refractivity contribution in [2.24, 2.45) is 0 Å². The van der Waals surface area contributed by atoms with E-state index >= 15 is 0 Å². The first kappa shape index (κ1) is 56.0. The fourth-order valence-corrected chi connectivity index (χ4v) is 8.32. The molecule has 8 rings (SSSR count). The molecule has 0 saturated carbocycles. The number of ether oxygens (including phenoxy) is 9. The molecule has 77 heavy (non-hydrogen) atoms. The Labute approximate surface area is 435 Å². The van der Waals surface area contributed by atoms with Crippen LogP contribution in [0.15, 0.2) is 101 Å². The molecule has 3 aliphatic heterocycles. The Morgan fingerprint density at radius 3 is 1.64 bits per heavy atom. The van der Waals surface area contributed by atoms with E-state index in [0.29, 0.717) is 11.1 Å². The molecule has 0 spiro atoms. The second-order valence-electron chi connectivity index (χ2n) is 17.9. The van der Waals surface area contributed by atoms with Gasteiger partial charge in [-0.05, 0) is 59.7 Å². The van der Waals surface area contributed by atoms with Crippen LogP contribution in [0.2, 0.25) is 0 Å². The lowest BCUT2D eigenvalue weighted by Crippen LogP contribution is -2.65. The Hall–Kier alpha value is -7.21. The molecule has 3 fully saturated rings. The molecule has 4 aromatic carbocycles. The minimum Gasteiger partial charge on any atom is -0.508 e. The van der Waals surface area contributed by atoms with Gasteiger partial charge in [-0.1, -0.05) is 24.3 Å². The molecule has 13 N–H and O–H groups in total. The molecule has 0 unspecified atom stereocenters. The van der Waals surface area contributed by atoms with E-state index in [9.17, 15) is 76.0 Å². The van der Waals surface area contributed by atoms with Crippen molar-refractivity contribution in [3.05, 3.63) is 108 Å². The Balaban J connectivity index is 1.14. The number of aliphatic hydroxyl groups is 9. The second-order valence-corrected chi connectivity index (χ2v) is 17.9. The Morgan fingerprint density at radius 2 is 1.06 bits per heavy atom. The Morgan fingerprint density at radius 1 is 0.545 bits per heavy atom. The van der Waals surface area contributed by atoms with E-state index in [0.717, 1.165) is 24.3 Å². The van der Waals surface area contributed by atoms with E-state index in [1.54, 1.807) is 0 Å². The van der Waals surface area contributed by atoms with Crippen LogP contribution in [0, 0.1) is 0 Å². The van der Waals surface area contributed by atoms with Crippen LogP contribution in [0.4, 0.5) is 0 Å². The van der Waals surface area contributed by atoms with Crippen LogP contribution in [0.1, 0.15) is 11.1 Å². The average Bonchev–Trinajstić information content (AvgIpc) is 3.43. The zero-order valence-corrected chi connectivity index (χ0v) is 40.4. The zero-order chi connectivity index (χ0) is 55.2. The van der Waals surface area contributed by atoms with Gasteiger partial charge in [0.25, 0.3) is 0 Å². The molecule has 15 atom stereocenters. The molecular formula is C52H55O25+. The topological polar surface area (TPSA) is 392 Å². The van der Waals surface area contributed by atoms with Gasteiger partial charge in [0.1, 0.15) is 109 Å². The van der Waals surface area contributed by atoms with Crippen molar-refractivity contribution in [1.29, 1.82) is 0 Å². The molecule has 25 heteroatoms. The van der Waals surface area contributed by atoms with E-state index in [-0.39, 0.29) is 56.8 Å². The number of rotatable bonds is 17. The van der Waals surface area contributed by atoms with Gasteiger partial charge in [0.05, 0.1) is 25.3 Å². The zero-order valence-electron chi connectivity index (χ0n) is 40.4. The minimum absolute atomic E-state index is 0.00894. The van der Waals surface area contributed by atoms with Gasteiger partial charge in [0, 0.05) is 30.4 Å². The molecule has 0 bridgehead atoms. The molecule has 1 aromatic heterocycles. The number of carbonyl (C=O) groups is 2. The lowest BCUT2D eigenvalue weighted by atomic mass is 9.97. The highest BCUT2D eigenvalue weighted by molar-refractivity contribution is 5.89. The molecular weight excluding hydrogens is 1020 g/mol. The quantitative estimate of drug-likeness (QED) is 0.0329. The maximum absolute atomic E-state index is 13.0. The Kier molecular flexibility index (Phi) is 17.8. The van der Waals surface area contributed by atoms with Crippen LogP contribution in [0.25, 0.3) is 34.4 Å². The molecule has 3 saturated heterocycles. The predicted octanol–water partition coefficient (Wildman–Crippen LogP) is -0.0779. The normalized spacial score (nSPS) is 29.6. The maximum Gasteiger partial charge on any atom is 0.402 e. The smallest absolute Gasteiger partial charge is 0.402 e. The summed E-state index contributed by atoms with van der Waals surface area (Å²) in [5.41, 5.74) is 0.967. The van der Waals surface area contributed by atoms with Crippen LogP contribution in [-0.4, -0.2) is 197 Å². The number of phenols is 4. The van der Waals surface area contributed by atoms with Crippen LogP contribution in [0.5, 0.6) is 40.2 Å². The van der Waals surface area contributed by atoms with Crippen molar-refractivity contribution in [3.63, 3.8) is 0 Å². The summed E-state index contributed by atoms with van der Waals surface area (Å²) in [5, 5.41) is 139. The van der Waals surface area contributed by atoms with Crippen molar-refractivity contribution >= 4 is 35.1 Å². The van der Waals surface area contributed by atoms with Gasteiger partial charge in [-0.2, -0.15) is 0 Å². The van der Waals surface area contributed by atoms with Gasteiger partial charge in [-0.3, -0.25) is 0 Å². The standard InChI is InChI=1S/C52H54O25/c1-68-33-16-25(8-13-30(33)57)48-34(19-29-31(71-48)17-28(56)18-32(29)72-50-46(66)43(63)40(60)35(20-53)74-50)73-52-49(45(65)42(62)37(76-52)22-70-39(59)15-7-24-4-11-27(55)12-5-24)77-51-47(67)44(64)41(61)36(75-51)21-69-38(58)14-6-23-2-9-26(54)10-3-23/h2-19,35-37,40-47,49-53,60-67H,20-22H2,1H3,(H3-,54,55,56,57,58,59)/p+1/t35-,36-,37-,40-,41-,42-,43+,44+,45+,46-,47-,49-,50-,51+,52-/m1/s1. The van der Waals surface area contributed by atoms with Gasteiger partial charge >= 0.3 is 23.3 Å². The number of fused-ring (bicyclic) bond motifs is 1. The minimum atomic E-state index is -2.12. The van der Waals surface area contributed by atoms with Gasteiger partial charge in [0.15, 0.2) is 23.9 Å². The maximum atomic E-state index is 13.0. The largest absolute Gasteiger partial charge is 0.508 e. The van der Waals surface area contributed by atoms with Crippen molar-refractivity contribution in [1.82, 2.24) is 0 Å². The van der Waals surface area contributed by atoms with Gasteiger partial charge in [0.2, 0.25) is 18.3 Å². The van der Waals surface area contributed by atoms with Gasteiger partial charge in [-0.25, -0.2) is 14.0 Å². The van der Waals surface area contributed by atoms with Crippen LogP contribution in [-0.2, 0) is 38.0 Å².